The molecule has 24 heavy (non-hydrogen) atoms. The molecule has 5 nitrogen and oxygen atoms in total. The first-order valence-corrected chi connectivity index (χ1v) is 7.82. The number of ether oxygens (including phenoxy) is 2. The first-order valence-electron chi connectivity index (χ1n) is 7.82. The molecule has 2 aromatic carbocycles. The molecule has 0 fully saturated rings. The van der Waals surface area contributed by atoms with Crippen LogP contribution in [0.15, 0.2) is 48.5 Å². The van der Waals surface area contributed by atoms with Crippen molar-refractivity contribution in [1.29, 1.82) is 0 Å². The molecule has 0 bridgehead atoms. The predicted octanol–water partition coefficient (Wildman–Crippen LogP) is 3.58. The number of benzene rings is 2. The molecule has 1 atom stereocenters. The fraction of sp³-hybridized carbons (Fsp3) is 0.263. The lowest BCUT2D eigenvalue weighted by molar-refractivity contribution is -0.123. The normalized spacial score (nSPS) is 11.5. The van der Waals surface area contributed by atoms with E-state index in [0.29, 0.717) is 23.6 Å². The Balaban J connectivity index is 2.03. The Bertz CT molecular complexity index is 727. The van der Waals surface area contributed by atoms with E-state index in [1.54, 1.807) is 30.3 Å². The molecule has 0 radical (unpaired) electrons. The number of amides is 1. The highest BCUT2D eigenvalue weighted by Gasteiger charge is 2.20. The highest BCUT2D eigenvalue weighted by Crippen LogP contribution is 2.24. The third-order valence-electron chi connectivity index (χ3n) is 3.46. The van der Waals surface area contributed by atoms with Crippen LogP contribution in [0.5, 0.6) is 5.75 Å². The van der Waals surface area contributed by atoms with Gasteiger partial charge in [-0.25, -0.2) is 4.79 Å². The molecule has 0 unspecified atom stereocenters. The third kappa shape index (κ3) is 4.35. The molecule has 0 spiro atoms. The highest BCUT2D eigenvalue weighted by molar-refractivity contribution is 5.98. The van der Waals surface area contributed by atoms with Crippen molar-refractivity contribution in [2.24, 2.45) is 0 Å². The molecule has 0 saturated heterocycles. The molecule has 0 aliphatic carbocycles. The fourth-order valence-electron chi connectivity index (χ4n) is 2.17. The Morgan fingerprint density at radius 1 is 1.08 bits per heavy atom. The van der Waals surface area contributed by atoms with Gasteiger partial charge in [0.2, 0.25) is 0 Å². The van der Waals surface area contributed by atoms with E-state index in [4.69, 9.17) is 9.47 Å². The number of anilines is 1. The van der Waals surface area contributed by atoms with Gasteiger partial charge < -0.3 is 14.8 Å². The Morgan fingerprint density at radius 2 is 1.75 bits per heavy atom. The molecule has 5 heteroatoms. The second kappa shape index (κ2) is 8.15. The minimum absolute atomic E-state index is 0.413. The molecule has 2 aromatic rings. The van der Waals surface area contributed by atoms with E-state index in [9.17, 15) is 9.59 Å². The average Bonchev–Trinajstić information content (AvgIpc) is 2.57. The third-order valence-corrected chi connectivity index (χ3v) is 3.46. The van der Waals surface area contributed by atoms with Crippen LogP contribution in [-0.2, 0) is 9.53 Å². The number of para-hydroxylation sites is 2. The summed E-state index contributed by atoms with van der Waals surface area (Å²) < 4.78 is 10.7. The van der Waals surface area contributed by atoms with Gasteiger partial charge in [-0.15, -0.1) is 0 Å². The smallest absolute Gasteiger partial charge is 0.339 e. The lowest BCUT2D eigenvalue weighted by atomic mass is 10.1. The standard InChI is InChI=1S/C19H21NO4/c1-4-23-17-12-8-7-11-16(17)20-18(21)14(3)24-19(22)15-10-6-5-9-13(15)2/h5-12,14H,4H2,1-3H3,(H,20,21)/t14-/m0/s1. The lowest BCUT2D eigenvalue weighted by Crippen LogP contribution is -2.30. The number of hydrogen-bond acceptors (Lipinski definition) is 4. The molecule has 1 amide bonds. The van der Waals surface area contributed by atoms with Gasteiger partial charge in [0, 0.05) is 0 Å². The Morgan fingerprint density at radius 3 is 2.46 bits per heavy atom. The first kappa shape index (κ1) is 17.5. The molecule has 0 saturated carbocycles. The van der Waals surface area contributed by atoms with Gasteiger partial charge in [-0.05, 0) is 44.5 Å². The number of aryl methyl sites for hydroxylation is 1. The van der Waals surface area contributed by atoms with Crippen molar-refractivity contribution in [3.8, 4) is 5.75 Å². The zero-order valence-corrected chi connectivity index (χ0v) is 14.0. The van der Waals surface area contributed by atoms with Crippen LogP contribution in [0.2, 0.25) is 0 Å². The van der Waals surface area contributed by atoms with Gasteiger partial charge >= 0.3 is 5.97 Å². The Kier molecular flexibility index (Phi) is 5.95. The summed E-state index contributed by atoms with van der Waals surface area (Å²) in [5.74, 6) is -0.358. The van der Waals surface area contributed by atoms with Crippen molar-refractivity contribution in [2.45, 2.75) is 26.9 Å². The monoisotopic (exact) mass is 327 g/mol. The van der Waals surface area contributed by atoms with Crippen molar-refractivity contribution in [3.05, 3.63) is 59.7 Å². The topological polar surface area (TPSA) is 64.6 Å². The molecular formula is C19H21NO4. The maximum Gasteiger partial charge on any atom is 0.339 e. The fourth-order valence-corrected chi connectivity index (χ4v) is 2.17. The van der Waals surface area contributed by atoms with Crippen LogP contribution in [0.1, 0.15) is 29.8 Å². The van der Waals surface area contributed by atoms with Crippen molar-refractivity contribution in [2.75, 3.05) is 11.9 Å². The quantitative estimate of drug-likeness (QED) is 0.824. The molecule has 1 N–H and O–H groups in total. The van der Waals surface area contributed by atoms with E-state index >= 15 is 0 Å². The minimum Gasteiger partial charge on any atom is -0.492 e. The maximum absolute atomic E-state index is 12.3. The number of carbonyl (C=O) groups excluding carboxylic acids is 2. The molecule has 0 aromatic heterocycles. The highest BCUT2D eigenvalue weighted by atomic mass is 16.5. The average molecular weight is 327 g/mol. The summed E-state index contributed by atoms with van der Waals surface area (Å²) >= 11 is 0. The summed E-state index contributed by atoms with van der Waals surface area (Å²) in [4.78, 5) is 24.5. The first-order chi connectivity index (χ1) is 11.5. The zero-order valence-electron chi connectivity index (χ0n) is 14.0. The van der Waals surface area contributed by atoms with Crippen LogP contribution in [0.3, 0.4) is 0 Å². The van der Waals surface area contributed by atoms with Gasteiger partial charge in [0.25, 0.3) is 5.91 Å². The molecule has 0 aliphatic heterocycles. The van der Waals surface area contributed by atoms with Gasteiger partial charge in [0.15, 0.2) is 6.10 Å². The van der Waals surface area contributed by atoms with Crippen molar-refractivity contribution in [3.63, 3.8) is 0 Å². The number of esters is 1. The summed E-state index contributed by atoms with van der Waals surface area (Å²) in [6.45, 7) is 5.71. The Hall–Kier alpha value is -2.82. The van der Waals surface area contributed by atoms with Gasteiger partial charge in [0.05, 0.1) is 17.9 Å². The summed E-state index contributed by atoms with van der Waals surface area (Å²) in [7, 11) is 0. The molecular weight excluding hydrogens is 306 g/mol. The van der Waals surface area contributed by atoms with E-state index in [2.05, 4.69) is 5.32 Å². The van der Waals surface area contributed by atoms with Crippen LogP contribution < -0.4 is 10.1 Å². The van der Waals surface area contributed by atoms with Crippen LogP contribution in [-0.4, -0.2) is 24.6 Å². The van der Waals surface area contributed by atoms with Crippen LogP contribution in [0.25, 0.3) is 0 Å². The molecule has 2 rings (SSSR count). The largest absolute Gasteiger partial charge is 0.492 e. The van der Waals surface area contributed by atoms with Gasteiger partial charge in [-0.3, -0.25) is 4.79 Å². The SMILES string of the molecule is CCOc1ccccc1NC(=O)[C@H](C)OC(=O)c1ccccc1C. The second-order valence-corrected chi connectivity index (χ2v) is 5.28. The van der Waals surface area contributed by atoms with Crippen molar-refractivity contribution in [1.82, 2.24) is 0 Å². The van der Waals surface area contributed by atoms with E-state index in [-0.39, 0.29) is 0 Å². The van der Waals surface area contributed by atoms with Crippen LogP contribution in [0, 0.1) is 6.92 Å². The summed E-state index contributed by atoms with van der Waals surface area (Å²) in [5, 5.41) is 2.73. The molecule has 126 valence electrons. The number of carbonyl (C=O) groups is 2. The van der Waals surface area contributed by atoms with E-state index in [1.165, 1.54) is 6.92 Å². The van der Waals surface area contributed by atoms with Crippen molar-refractivity contribution < 1.29 is 19.1 Å². The summed E-state index contributed by atoms with van der Waals surface area (Å²) in [6.07, 6.45) is -0.924. The number of rotatable bonds is 6. The van der Waals surface area contributed by atoms with E-state index in [1.807, 2.05) is 32.0 Å². The number of nitrogens with one attached hydrogen (secondary N) is 1. The van der Waals surface area contributed by atoms with E-state index < -0.39 is 18.0 Å². The van der Waals surface area contributed by atoms with Crippen molar-refractivity contribution >= 4 is 17.6 Å². The maximum atomic E-state index is 12.3. The minimum atomic E-state index is -0.924. The Labute approximate surface area is 141 Å². The summed E-state index contributed by atoms with van der Waals surface area (Å²) in [6, 6.07) is 14.2. The van der Waals surface area contributed by atoms with Gasteiger partial charge in [-0.2, -0.15) is 0 Å². The van der Waals surface area contributed by atoms with Crippen LogP contribution in [0.4, 0.5) is 5.69 Å². The summed E-state index contributed by atoms with van der Waals surface area (Å²) in [5.41, 5.74) is 1.80. The predicted molar refractivity (Wildman–Crippen MR) is 92.3 cm³/mol. The second-order valence-electron chi connectivity index (χ2n) is 5.28. The lowest BCUT2D eigenvalue weighted by Gasteiger charge is -2.16. The van der Waals surface area contributed by atoms with E-state index in [0.717, 1.165) is 5.56 Å². The van der Waals surface area contributed by atoms with Gasteiger partial charge in [0.1, 0.15) is 5.75 Å². The van der Waals surface area contributed by atoms with Crippen LogP contribution >= 0.6 is 0 Å². The molecule has 0 heterocycles. The molecule has 0 aliphatic rings. The van der Waals surface area contributed by atoms with Gasteiger partial charge in [-0.1, -0.05) is 30.3 Å². The number of hydrogen-bond donors (Lipinski definition) is 1. The zero-order chi connectivity index (χ0) is 17.5.